The molecule has 10 nitrogen and oxygen atoms in total. The molecule has 7 N–H and O–H groups in total. The lowest BCUT2D eigenvalue weighted by atomic mass is 10.0. The highest BCUT2D eigenvalue weighted by atomic mass is 32.2. The van der Waals surface area contributed by atoms with Crippen molar-refractivity contribution < 1.29 is 23.1 Å². The number of aliphatic hydroxyl groups is 1. The van der Waals surface area contributed by atoms with Gasteiger partial charge in [-0.15, -0.1) is 0 Å². The first-order valence-electron chi connectivity index (χ1n) is 13.4. The third-order valence-electron chi connectivity index (χ3n) is 6.42. The zero-order valence-electron chi connectivity index (χ0n) is 22.8. The predicted octanol–water partition coefficient (Wildman–Crippen LogP) is 1.97. The molecule has 11 heteroatoms. The fourth-order valence-electron chi connectivity index (χ4n) is 4.20. The number of benzene rings is 3. The van der Waals surface area contributed by atoms with Crippen LogP contribution in [-0.2, 0) is 38.3 Å². The van der Waals surface area contributed by atoms with Crippen LogP contribution >= 0.6 is 0 Å². The lowest BCUT2D eigenvalue weighted by Gasteiger charge is -2.23. The van der Waals surface area contributed by atoms with Crippen LogP contribution in [0, 0.1) is 5.41 Å². The molecule has 0 aliphatic rings. The largest absolute Gasteiger partial charge is 0.396 e. The van der Waals surface area contributed by atoms with Gasteiger partial charge < -0.3 is 21.5 Å². The fourth-order valence-corrected chi connectivity index (χ4v) is 5.58. The number of aryl methyl sites for hydroxylation is 1. The molecule has 3 aromatic rings. The van der Waals surface area contributed by atoms with E-state index in [-0.39, 0.29) is 44.0 Å². The van der Waals surface area contributed by atoms with Crippen LogP contribution in [-0.4, -0.2) is 49.9 Å². The van der Waals surface area contributed by atoms with Crippen molar-refractivity contribution in [2.45, 2.75) is 50.1 Å². The van der Waals surface area contributed by atoms with Crippen molar-refractivity contribution in [1.29, 1.82) is 5.41 Å². The van der Waals surface area contributed by atoms with Crippen LogP contribution < -0.4 is 21.1 Å². The number of rotatable bonds is 16. The monoisotopic (exact) mass is 579 g/mol. The molecule has 0 spiro atoms. The maximum absolute atomic E-state index is 13.4. The summed E-state index contributed by atoms with van der Waals surface area (Å²) < 4.78 is 28.6. The van der Waals surface area contributed by atoms with Gasteiger partial charge in [-0.2, -0.15) is 0 Å². The summed E-state index contributed by atoms with van der Waals surface area (Å²) >= 11 is 0. The summed E-state index contributed by atoms with van der Waals surface area (Å²) in [6, 6.07) is 22.8. The molecule has 0 aliphatic heterocycles. The Bertz CT molecular complexity index is 1380. The van der Waals surface area contributed by atoms with Crippen molar-refractivity contribution >= 4 is 27.7 Å². The maximum Gasteiger partial charge on any atom is 0.242 e. The molecular weight excluding hydrogens is 542 g/mol. The van der Waals surface area contributed by atoms with E-state index in [2.05, 4.69) is 15.4 Å². The highest BCUT2D eigenvalue weighted by Gasteiger charge is 2.28. The molecule has 3 aromatic carbocycles. The molecule has 3 rings (SSSR count). The zero-order chi connectivity index (χ0) is 29.7. The van der Waals surface area contributed by atoms with E-state index in [1.54, 1.807) is 54.6 Å². The lowest BCUT2D eigenvalue weighted by molar-refractivity contribution is -0.130. The summed E-state index contributed by atoms with van der Waals surface area (Å²) in [6.07, 6.45) is 1.05. The second-order valence-corrected chi connectivity index (χ2v) is 11.4. The van der Waals surface area contributed by atoms with Crippen LogP contribution in [0.5, 0.6) is 0 Å². The third-order valence-corrected chi connectivity index (χ3v) is 7.77. The van der Waals surface area contributed by atoms with E-state index in [0.717, 1.165) is 11.1 Å². The summed E-state index contributed by atoms with van der Waals surface area (Å²) in [5.74, 6) is -1.44. The smallest absolute Gasteiger partial charge is 0.242 e. The van der Waals surface area contributed by atoms with Gasteiger partial charge in [-0.25, -0.2) is 13.1 Å². The Morgan fingerprint density at radius 1 is 0.805 bits per heavy atom. The fraction of sp³-hybridized carbons (Fsp3) is 0.300. The minimum absolute atomic E-state index is 0.0615. The van der Waals surface area contributed by atoms with Crippen molar-refractivity contribution in [3.05, 3.63) is 107 Å². The van der Waals surface area contributed by atoms with Gasteiger partial charge in [0.05, 0.1) is 5.75 Å². The molecule has 0 bridgehead atoms. The van der Waals surface area contributed by atoms with Gasteiger partial charge in [0.1, 0.15) is 17.9 Å². The number of amides is 2. The quantitative estimate of drug-likeness (QED) is 0.112. The number of hydrogen-bond acceptors (Lipinski definition) is 6. The summed E-state index contributed by atoms with van der Waals surface area (Å²) in [4.78, 5) is 26.5. The highest BCUT2D eigenvalue weighted by molar-refractivity contribution is 7.88. The number of sulfonamides is 1. The molecule has 218 valence electrons. The van der Waals surface area contributed by atoms with E-state index < -0.39 is 33.9 Å². The van der Waals surface area contributed by atoms with E-state index in [4.69, 9.17) is 11.1 Å². The molecule has 0 radical (unpaired) electrons. The summed E-state index contributed by atoms with van der Waals surface area (Å²) in [5.41, 5.74) is 8.34. The summed E-state index contributed by atoms with van der Waals surface area (Å²) in [6.45, 7) is -0.00302. The van der Waals surface area contributed by atoms with Gasteiger partial charge in [-0.3, -0.25) is 15.0 Å². The number of carbonyl (C=O) groups is 2. The van der Waals surface area contributed by atoms with E-state index in [9.17, 15) is 23.1 Å². The molecule has 2 atom stereocenters. The van der Waals surface area contributed by atoms with Gasteiger partial charge in [0.25, 0.3) is 0 Å². The average Bonchev–Trinajstić information content (AvgIpc) is 2.97. The van der Waals surface area contributed by atoms with E-state index in [1.807, 2.05) is 30.3 Å². The lowest BCUT2D eigenvalue weighted by Crippen LogP contribution is -2.53. The third kappa shape index (κ3) is 10.8. The first-order chi connectivity index (χ1) is 19.7. The van der Waals surface area contributed by atoms with Crippen molar-refractivity contribution in [1.82, 2.24) is 15.4 Å². The van der Waals surface area contributed by atoms with E-state index >= 15 is 0 Å². The number of aliphatic hydroxyl groups excluding tert-OH is 1. The van der Waals surface area contributed by atoms with Crippen LogP contribution in [0.4, 0.5) is 0 Å². The topological polar surface area (TPSA) is 174 Å². The zero-order valence-corrected chi connectivity index (χ0v) is 23.6. The van der Waals surface area contributed by atoms with Crippen LogP contribution in [0.25, 0.3) is 0 Å². The van der Waals surface area contributed by atoms with Crippen LogP contribution in [0.1, 0.15) is 41.5 Å². The van der Waals surface area contributed by atoms with Crippen LogP contribution in [0.2, 0.25) is 0 Å². The Morgan fingerprint density at radius 3 is 2.00 bits per heavy atom. The molecule has 41 heavy (non-hydrogen) atoms. The van der Waals surface area contributed by atoms with Gasteiger partial charge >= 0.3 is 0 Å². The van der Waals surface area contributed by atoms with Gasteiger partial charge in [0.2, 0.25) is 21.8 Å². The van der Waals surface area contributed by atoms with Crippen molar-refractivity contribution in [3.63, 3.8) is 0 Å². The van der Waals surface area contributed by atoms with Crippen molar-refractivity contribution in [2.24, 2.45) is 5.73 Å². The normalized spacial score (nSPS) is 12.7. The predicted molar refractivity (Wildman–Crippen MR) is 158 cm³/mol. The van der Waals surface area contributed by atoms with Gasteiger partial charge in [0.15, 0.2) is 0 Å². The molecule has 0 aliphatic carbocycles. The summed E-state index contributed by atoms with van der Waals surface area (Å²) in [5, 5.41) is 22.3. The van der Waals surface area contributed by atoms with Crippen LogP contribution in [0.15, 0.2) is 84.9 Å². The Balaban J connectivity index is 1.71. The van der Waals surface area contributed by atoms with E-state index in [1.165, 1.54) is 0 Å². The second kappa shape index (κ2) is 15.7. The van der Waals surface area contributed by atoms with Gasteiger partial charge in [-0.1, -0.05) is 84.9 Å². The summed E-state index contributed by atoms with van der Waals surface area (Å²) in [7, 11) is -3.89. The molecule has 0 fully saturated rings. The minimum Gasteiger partial charge on any atom is -0.396 e. The van der Waals surface area contributed by atoms with Gasteiger partial charge in [0, 0.05) is 18.7 Å². The molecule has 2 amide bonds. The van der Waals surface area contributed by atoms with Crippen molar-refractivity contribution in [2.75, 3.05) is 6.61 Å². The SMILES string of the molecule is N=C(N)c1ccc(CNC(=O)C(CCCO)NC(=O)C(CCc2ccccc2)NS(=O)(=O)Cc2ccccc2)cc1. The Kier molecular flexibility index (Phi) is 12.0. The Labute approximate surface area is 240 Å². The molecule has 0 saturated heterocycles. The minimum atomic E-state index is -3.89. The number of hydrogen-bond donors (Lipinski definition) is 6. The molecule has 2 unspecified atom stereocenters. The number of nitrogens with one attached hydrogen (secondary N) is 4. The highest BCUT2D eigenvalue weighted by Crippen LogP contribution is 2.11. The standard InChI is InChI=1S/C30H37N5O5S/c31-28(32)25-16-13-23(14-17-25)20-33-29(37)26(12-7-19-36)34-30(38)27(18-15-22-8-3-1-4-9-22)35-41(39,40)21-24-10-5-2-6-11-24/h1-6,8-11,13-14,16-17,26-27,35-36H,7,12,15,18-21H2,(H3,31,32)(H,33,37)(H,34,38). The van der Waals surface area contributed by atoms with Crippen molar-refractivity contribution in [3.8, 4) is 0 Å². The first kappa shape index (κ1) is 31.5. The number of nitrogens with two attached hydrogens (primary N) is 1. The number of amidine groups is 1. The molecule has 0 heterocycles. The Hall–Kier alpha value is -4.06. The second-order valence-electron chi connectivity index (χ2n) is 9.69. The number of carbonyl (C=O) groups excluding carboxylic acids is 2. The molecular formula is C30H37N5O5S. The molecule has 0 aromatic heterocycles. The van der Waals surface area contributed by atoms with Gasteiger partial charge in [-0.05, 0) is 42.4 Å². The van der Waals surface area contributed by atoms with E-state index in [0.29, 0.717) is 17.5 Å². The Morgan fingerprint density at radius 2 is 1.41 bits per heavy atom. The average molecular weight is 580 g/mol. The number of nitrogen functional groups attached to an aromatic ring is 1. The first-order valence-corrected chi connectivity index (χ1v) is 15.0. The molecule has 0 saturated carbocycles. The maximum atomic E-state index is 13.4. The van der Waals surface area contributed by atoms with Crippen LogP contribution in [0.3, 0.4) is 0 Å².